The van der Waals surface area contributed by atoms with Crippen LogP contribution in [0.15, 0.2) is 16.7 Å². The molecule has 1 aromatic rings. The van der Waals surface area contributed by atoms with E-state index in [4.69, 9.17) is 0 Å². The van der Waals surface area contributed by atoms with Gasteiger partial charge in [0.1, 0.15) is 4.60 Å². The lowest BCUT2D eigenvalue weighted by atomic mass is 9.82. The normalized spacial score (nSPS) is 16.9. The summed E-state index contributed by atoms with van der Waals surface area (Å²) in [5.74, 6) is -1.13. The molecular formula is C14H17BrN2O3. The van der Waals surface area contributed by atoms with Crippen LogP contribution >= 0.6 is 15.9 Å². The monoisotopic (exact) mass is 340 g/mol. The third-order valence-electron chi connectivity index (χ3n) is 3.84. The zero-order valence-corrected chi connectivity index (χ0v) is 12.9. The Morgan fingerprint density at radius 3 is 2.60 bits per heavy atom. The van der Waals surface area contributed by atoms with Gasteiger partial charge in [-0.2, -0.15) is 0 Å². The van der Waals surface area contributed by atoms with Gasteiger partial charge >= 0.3 is 5.97 Å². The Hall–Kier alpha value is -1.43. The number of aromatic nitrogens is 1. The van der Waals surface area contributed by atoms with Crippen LogP contribution < -0.4 is 5.32 Å². The molecule has 0 saturated heterocycles. The molecule has 2 N–H and O–H groups in total. The standard InChI is InChI=1S/C14H17BrN2O3/c1-9-10(4-5-11(15)16-9)17-12(18)8-14(13(19)20)6-2-3-7-14/h4-5H,2-3,6-8H2,1H3,(H,17,18)(H,19,20). The number of aliphatic carboxylic acids is 1. The summed E-state index contributed by atoms with van der Waals surface area (Å²) in [7, 11) is 0. The molecule has 1 aromatic heterocycles. The Labute approximate surface area is 125 Å². The molecule has 0 bridgehead atoms. The third kappa shape index (κ3) is 3.17. The average Bonchev–Trinajstić information content (AvgIpc) is 2.82. The summed E-state index contributed by atoms with van der Waals surface area (Å²) < 4.78 is 0.700. The van der Waals surface area contributed by atoms with Gasteiger partial charge in [0.05, 0.1) is 16.8 Å². The minimum absolute atomic E-state index is 0.0256. The second kappa shape index (κ2) is 5.91. The minimum atomic E-state index is -0.888. The van der Waals surface area contributed by atoms with Gasteiger partial charge in [-0.3, -0.25) is 9.59 Å². The number of amides is 1. The topological polar surface area (TPSA) is 79.3 Å². The second-order valence-corrected chi connectivity index (χ2v) is 6.10. The van der Waals surface area contributed by atoms with Gasteiger partial charge in [-0.25, -0.2) is 4.98 Å². The summed E-state index contributed by atoms with van der Waals surface area (Å²) in [6.07, 6.45) is 2.93. The highest BCUT2D eigenvalue weighted by atomic mass is 79.9. The van der Waals surface area contributed by atoms with Crippen molar-refractivity contribution in [3.63, 3.8) is 0 Å². The molecule has 1 heterocycles. The SMILES string of the molecule is Cc1nc(Br)ccc1NC(=O)CC1(C(=O)O)CCCC1. The number of carbonyl (C=O) groups is 2. The van der Waals surface area contributed by atoms with Gasteiger partial charge in [0.2, 0.25) is 5.91 Å². The molecule has 2 rings (SSSR count). The van der Waals surface area contributed by atoms with Crippen molar-refractivity contribution in [1.29, 1.82) is 0 Å². The number of pyridine rings is 1. The van der Waals surface area contributed by atoms with Gasteiger partial charge in [0.15, 0.2) is 0 Å². The van der Waals surface area contributed by atoms with E-state index < -0.39 is 11.4 Å². The lowest BCUT2D eigenvalue weighted by Crippen LogP contribution is -2.32. The predicted octanol–water partition coefficient (Wildman–Crippen LogP) is 3.13. The fourth-order valence-corrected chi connectivity index (χ4v) is 3.08. The highest BCUT2D eigenvalue weighted by Gasteiger charge is 2.42. The molecule has 0 radical (unpaired) electrons. The molecular weight excluding hydrogens is 324 g/mol. The van der Waals surface area contributed by atoms with Crippen molar-refractivity contribution in [2.24, 2.45) is 5.41 Å². The predicted molar refractivity (Wildman–Crippen MR) is 78.5 cm³/mol. The average molecular weight is 341 g/mol. The summed E-state index contributed by atoms with van der Waals surface area (Å²) in [5.41, 5.74) is 0.432. The molecule has 5 nitrogen and oxygen atoms in total. The summed E-state index contributed by atoms with van der Waals surface area (Å²) in [6.45, 7) is 1.79. The van der Waals surface area contributed by atoms with Crippen molar-refractivity contribution in [1.82, 2.24) is 4.98 Å². The van der Waals surface area contributed by atoms with Gasteiger partial charge in [-0.1, -0.05) is 12.8 Å². The Bertz CT molecular complexity index is 539. The summed E-state index contributed by atoms with van der Waals surface area (Å²) >= 11 is 3.26. The first-order valence-corrected chi connectivity index (χ1v) is 7.39. The Kier molecular flexibility index (Phi) is 4.42. The lowest BCUT2D eigenvalue weighted by molar-refractivity contribution is -0.150. The van der Waals surface area contributed by atoms with E-state index in [1.54, 1.807) is 19.1 Å². The first kappa shape index (κ1) is 15.0. The Morgan fingerprint density at radius 2 is 2.05 bits per heavy atom. The largest absolute Gasteiger partial charge is 0.481 e. The number of nitrogens with one attached hydrogen (secondary N) is 1. The summed E-state index contributed by atoms with van der Waals surface area (Å²) in [4.78, 5) is 27.7. The van der Waals surface area contributed by atoms with Crippen molar-refractivity contribution in [2.45, 2.75) is 39.0 Å². The molecule has 0 unspecified atom stereocenters. The van der Waals surface area contributed by atoms with E-state index in [9.17, 15) is 14.7 Å². The molecule has 1 aliphatic carbocycles. The van der Waals surface area contributed by atoms with Crippen LogP contribution in [0.5, 0.6) is 0 Å². The van der Waals surface area contributed by atoms with E-state index in [2.05, 4.69) is 26.2 Å². The third-order valence-corrected chi connectivity index (χ3v) is 4.28. The van der Waals surface area contributed by atoms with Crippen LogP contribution in [0.25, 0.3) is 0 Å². The number of carboxylic acid groups (broad SMARTS) is 1. The number of rotatable bonds is 4. The molecule has 0 spiro atoms. The van der Waals surface area contributed by atoms with E-state index in [0.717, 1.165) is 12.8 Å². The molecule has 1 fully saturated rings. The van der Waals surface area contributed by atoms with Crippen molar-refractivity contribution in [3.05, 3.63) is 22.4 Å². The zero-order chi connectivity index (χ0) is 14.8. The van der Waals surface area contributed by atoms with Crippen LogP contribution in [-0.2, 0) is 9.59 Å². The zero-order valence-electron chi connectivity index (χ0n) is 11.3. The first-order chi connectivity index (χ1) is 9.43. The molecule has 20 heavy (non-hydrogen) atoms. The van der Waals surface area contributed by atoms with E-state index in [1.165, 1.54) is 0 Å². The highest BCUT2D eigenvalue weighted by molar-refractivity contribution is 9.10. The molecule has 0 aliphatic heterocycles. The fourth-order valence-electron chi connectivity index (χ4n) is 2.68. The van der Waals surface area contributed by atoms with Crippen LogP contribution in [0, 0.1) is 12.3 Å². The number of hydrogen-bond acceptors (Lipinski definition) is 3. The fraction of sp³-hybridized carbons (Fsp3) is 0.500. The van der Waals surface area contributed by atoms with Crippen molar-refractivity contribution in [2.75, 3.05) is 5.32 Å². The quantitative estimate of drug-likeness (QED) is 0.825. The smallest absolute Gasteiger partial charge is 0.310 e. The van der Waals surface area contributed by atoms with Gasteiger partial charge in [0, 0.05) is 6.42 Å². The van der Waals surface area contributed by atoms with Crippen molar-refractivity contribution in [3.8, 4) is 0 Å². The number of halogens is 1. The number of anilines is 1. The van der Waals surface area contributed by atoms with Gasteiger partial charge in [-0.15, -0.1) is 0 Å². The van der Waals surface area contributed by atoms with Crippen LogP contribution in [0.2, 0.25) is 0 Å². The molecule has 1 aliphatic rings. The van der Waals surface area contributed by atoms with E-state index in [1.807, 2.05) is 0 Å². The molecule has 1 saturated carbocycles. The minimum Gasteiger partial charge on any atom is -0.481 e. The second-order valence-electron chi connectivity index (χ2n) is 5.28. The molecule has 0 atom stereocenters. The Morgan fingerprint density at radius 1 is 1.40 bits per heavy atom. The summed E-state index contributed by atoms with van der Waals surface area (Å²) in [6, 6.07) is 3.50. The maximum absolute atomic E-state index is 12.1. The van der Waals surface area contributed by atoms with Crippen molar-refractivity contribution < 1.29 is 14.7 Å². The highest BCUT2D eigenvalue weighted by Crippen LogP contribution is 2.41. The number of aryl methyl sites for hydroxylation is 1. The van der Waals surface area contributed by atoms with E-state index in [0.29, 0.717) is 28.8 Å². The maximum atomic E-state index is 12.1. The van der Waals surface area contributed by atoms with Crippen molar-refractivity contribution >= 4 is 33.5 Å². The molecule has 1 amide bonds. The summed E-state index contributed by atoms with van der Waals surface area (Å²) in [5, 5.41) is 12.1. The van der Waals surface area contributed by atoms with Crippen LogP contribution in [0.4, 0.5) is 5.69 Å². The number of nitrogens with zero attached hydrogens (tertiary/aromatic N) is 1. The van der Waals surface area contributed by atoms with Crippen LogP contribution in [0.1, 0.15) is 37.8 Å². The Balaban J connectivity index is 2.07. The number of hydrogen-bond donors (Lipinski definition) is 2. The lowest BCUT2D eigenvalue weighted by Gasteiger charge is -2.23. The van der Waals surface area contributed by atoms with Crippen LogP contribution in [0.3, 0.4) is 0 Å². The van der Waals surface area contributed by atoms with Gasteiger partial charge < -0.3 is 10.4 Å². The molecule has 0 aromatic carbocycles. The van der Waals surface area contributed by atoms with Gasteiger partial charge in [-0.05, 0) is 47.8 Å². The first-order valence-electron chi connectivity index (χ1n) is 6.59. The van der Waals surface area contributed by atoms with E-state index >= 15 is 0 Å². The molecule has 6 heteroatoms. The number of carboxylic acids is 1. The van der Waals surface area contributed by atoms with Crippen LogP contribution in [-0.4, -0.2) is 22.0 Å². The number of carbonyl (C=O) groups excluding carboxylic acids is 1. The van der Waals surface area contributed by atoms with E-state index in [-0.39, 0.29) is 12.3 Å². The van der Waals surface area contributed by atoms with Gasteiger partial charge in [0.25, 0.3) is 0 Å². The maximum Gasteiger partial charge on any atom is 0.310 e. The molecule has 108 valence electrons.